The molecule has 230 valence electrons. The lowest BCUT2D eigenvalue weighted by molar-refractivity contribution is -0.140. The quantitative estimate of drug-likeness (QED) is 0.188. The largest absolute Gasteiger partial charge is 0.352 e. The Balaban J connectivity index is 1.83. The fraction of sp³-hybridized carbons (Fsp3) is 0.257. The molecular formula is C35H38BrN3O4S. The Morgan fingerprint density at radius 2 is 1.45 bits per heavy atom. The van der Waals surface area contributed by atoms with Crippen LogP contribution in [0.1, 0.15) is 36.1 Å². The van der Waals surface area contributed by atoms with Gasteiger partial charge in [-0.05, 0) is 80.3 Å². The van der Waals surface area contributed by atoms with E-state index in [1.54, 1.807) is 24.3 Å². The first-order chi connectivity index (χ1) is 21.0. The van der Waals surface area contributed by atoms with Gasteiger partial charge >= 0.3 is 0 Å². The molecule has 1 atom stereocenters. The number of carbonyl (C=O) groups excluding carboxylic acids is 2. The second kappa shape index (κ2) is 14.7. The molecule has 0 heterocycles. The Morgan fingerprint density at radius 3 is 2.09 bits per heavy atom. The van der Waals surface area contributed by atoms with E-state index in [2.05, 4.69) is 21.2 Å². The smallest absolute Gasteiger partial charge is 0.264 e. The van der Waals surface area contributed by atoms with Crippen LogP contribution in [0.4, 0.5) is 5.69 Å². The van der Waals surface area contributed by atoms with Crippen molar-refractivity contribution in [3.05, 3.63) is 130 Å². The van der Waals surface area contributed by atoms with Crippen LogP contribution in [-0.4, -0.2) is 43.8 Å². The van der Waals surface area contributed by atoms with E-state index < -0.39 is 28.5 Å². The SMILES string of the molecule is Cc1ccc(C)c(N(CC(=O)N(Cc2cccc(Br)c2)[C@@H](Cc2ccccc2)C(=O)NC(C)C)S(=O)(=O)c2ccccc2)c1. The topological polar surface area (TPSA) is 86.8 Å². The summed E-state index contributed by atoms with van der Waals surface area (Å²) in [7, 11) is -4.15. The summed E-state index contributed by atoms with van der Waals surface area (Å²) >= 11 is 3.51. The van der Waals surface area contributed by atoms with Crippen LogP contribution in [0.15, 0.2) is 112 Å². The van der Waals surface area contributed by atoms with E-state index >= 15 is 0 Å². The zero-order valence-electron chi connectivity index (χ0n) is 25.4. The molecule has 0 bridgehead atoms. The van der Waals surface area contributed by atoms with Gasteiger partial charge in [0.15, 0.2) is 0 Å². The Labute approximate surface area is 269 Å². The molecule has 2 amide bonds. The fourth-order valence-electron chi connectivity index (χ4n) is 4.99. The van der Waals surface area contributed by atoms with E-state index in [0.29, 0.717) is 11.3 Å². The number of carbonyl (C=O) groups is 2. The lowest BCUT2D eigenvalue weighted by atomic mass is 10.0. The van der Waals surface area contributed by atoms with Gasteiger partial charge in [-0.2, -0.15) is 0 Å². The maximum Gasteiger partial charge on any atom is 0.264 e. The number of anilines is 1. The summed E-state index contributed by atoms with van der Waals surface area (Å²) < 4.78 is 30.3. The minimum absolute atomic E-state index is 0.0747. The Bertz CT molecular complexity index is 1700. The lowest BCUT2D eigenvalue weighted by Gasteiger charge is -2.34. The van der Waals surface area contributed by atoms with Crippen molar-refractivity contribution in [2.24, 2.45) is 0 Å². The van der Waals surface area contributed by atoms with Crippen LogP contribution in [0.5, 0.6) is 0 Å². The normalized spacial score (nSPS) is 12.0. The summed E-state index contributed by atoms with van der Waals surface area (Å²) in [6, 6.07) is 29.6. The van der Waals surface area contributed by atoms with Crippen LogP contribution in [0.3, 0.4) is 0 Å². The molecule has 0 saturated carbocycles. The predicted octanol–water partition coefficient (Wildman–Crippen LogP) is 6.43. The van der Waals surface area contributed by atoms with Gasteiger partial charge < -0.3 is 10.2 Å². The minimum Gasteiger partial charge on any atom is -0.352 e. The van der Waals surface area contributed by atoms with Crippen LogP contribution in [0.2, 0.25) is 0 Å². The number of hydrogen-bond donors (Lipinski definition) is 1. The number of amides is 2. The first-order valence-corrected chi connectivity index (χ1v) is 16.7. The minimum atomic E-state index is -4.15. The average Bonchev–Trinajstić information content (AvgIpc) is 2.99. The number of aryl methyl sites for hydroxylation is 2. The number of nitrogens with zero attached hydrogens (tertiary/aromatic N) is 2. The summed E-state index contributed by atoms with van der Waals surface area (Å²) in [6.45, 7) is 7.05. The summed E-state index contributed by atoms with van der Waals surface area (Å²) in [6.07, 6.45) is 0.258. The molecule has 0 aliphatic carbocycles. The maximum absolute atomic E-state index is 14.5. The van der Waals surface area contributed by atoms with Gasteiger partial charge in [-0.1, -0.05) is 88.7 Å². The highest BCUT2D eigenvalue weighted by Crippen LogP contribution is 2.29. The van der Waals surface area contributed by atoms with Crippen molar-refractivity contribution < 1.29 is 18.0 Å². The number of hydrogen-bond acceptors (Lipinski definition) is 4. The van der Waals surface area contributed by atoms with Crippen molar-refractivity contribution in [3.63, 3.8) is 0 Å². The van der Waals surface area contributed by atoms with Gasteiger partial charge in [-0.3, -0.25) is 13.9 Å². The molecule has 0 radical (unpaired) electrons. The van der Waals surface area contributed by atoms with Crippen molar-refractivity contribution in [1.82, 2.24) is 10.2 Å². The van der Waals surface area contributed by atoms with E-state index in [0.717, 1.165) is 21.2 Å². The molecule has 7 nitrogen and oxygen atoms in total. The Morgan fingerprint density at radius 1 is 0.818 bits per heavy atom. The fourth-order valence-corrected chi connectivity index (χ4v) is 6.93. The molecule has 1 N–H and O–H groups in total. The number of halogens is 1. The average molecular weight is 677 g/mol. The molecule has 44 heavy (non-hydrogen) atoms. The maximum atomic E-state index is 14.5. The molecule has 9 heteroatoms. The molecule has 0 aromatic heterocycles. The van der Waals surface area contributed by atoms with Gasteiger partial charge in [-0.25, -0.2) is 8.42 Å². The highest BCUT2D eigenvalue weighted by molar-refractivity contribution is 9.10. The van der Waals surface area contributed by atoms with Gasteiger partial charge in [0.05, 0.1) is 10.6 Å². The first-order valence-electron chi connectivity index (χ1n) is 14.5. The summed E-state index contributed by atoms with van der Waals surface area (Å²) in [5.41, 5.74) is 3.66. The summed E-state index contributed by atoms with van der Waals surface area (Å²) in [4.78, 5) is 29.9. The number of nitrogens with one attached hydrogen (secondary N) is 1. The second-order valence-electron chi connectivity index (χ2n) is 11.1. The summed E-state index contributed by atoms with van der Waals surface area (Å²) in [5, 5.41) is 2.98. The van der Waals surface area contributed by atoms with Gasteiger partial charge in [0.1, 0.15) is 12.6 Å². The predicted molar refractivity (Wildman–Crippen MR) is 179 cm³/mol. The van der Waals surface area contributed by atoms with E-state index in [1.807, 2.05) is 94.4 Å². The van der Waals surface area contributed by atoms with Gasteiger partial charge in [0.2, 0.25) is 11.8 Å². The number of rotatable bonds is 12. The molecule has 0 aliphatic heterocycles. The monoisotopic (exact) mass is 675 g/mol. The molecule has 0 aliphatic rings. The molecule has 0 spiro atoms. The molecule has 0 fully saturated rings. The zero-order valence-corrected chi connectivity index (χ0v) is 27.8. The van der Waals surface area contributed by atoms with Crippen molar-refractivity contribution in [2.45, 2.75) is 57.6 Å². The van der Waals surface area contributed by atoms with E-state index in [-0.39, 0.29) is 29.8 Å². The van der Waals surface area contributed by atoms with Gasteiger partial charge in [-0.15, -0.1) is 0 Å². The first kappa shape index (κ1) is 33.0. The molecular weight excluding hydrogens is 638 g/mol. The summed E-state index contributed by atoms with van der Waals surface area (Å²) in [5.74, 6) is -0.804. The van der Waals surface area contributed by atoms with Crippen LogP contribution in [0, 0.1) is 13.8 Å². The molecule has 4 aromatic carbocycles. The van der Waals surface area contributed by atoms with Crippen molar-refractivity contribution in [2.75, 3.05) is 10.8 Å². The van der Waals surface area contributed by atoms with Crippen molar-refractivity contribution in [1.29, 1.82) is 0 Å². The Kier molecular flexibility index (Phi) is 11.0. The Hall–Kier alpha value is -3.95. The zero-order chi connectivity index (χ0) is 31.9. The molecule has 0 unspecified atom stereocenters. The van der Waals surface area contributed by atoms with Crippen LogP contribution >= 0.6 is 15.9 Å². The van der Waals surface area contributed by atoms with Gasteiger partial charge in [0.25, 0.3) is 10.0 Å². The standard InChI is InChI=1S/C35H38BrN3O4S/c1-25(2)37-35(41)33(22-28-12-7-5-8-13-28)38(23-29-14-11-15-30(36)21-29)34(40)24-39(32-20-26(3)18-19-27(32)4)44(42,43)31-16-9-6-10-17-31/h5-21,25,33H,22-24H2,1-4H3,(H,37,41)/t33-/m0/s1. The molecule has 4 aromatic rings. The van der Waals surface area contributed by atoms with Crippen LogP contribution in [-0.2, 0) is 32.6 Å². The van der Waals surface area contributed by atoms with Crippen LogP contribution < -0.4 is 9.62 Å². The third-order valence-corrected chi connectivity index (χ3v) is 9.45. The highest BCUT2D eigenvalue weighted by Gasteiger charge is 2.35. The highest BCUT2D eigenvalue weighted by atomic mass is 79.9. The third-order valence-electron chi connectivity index (χ3n) is 7.19. The number of sulfonamides is 1. The molecule has 0 saturated heterocycles. The second-order valence-corrected chi connectivity index (χ2v) is 13.9. The van der Waals surface area contributed by atoms with E-state index in [4.69, 9.17) is 0 Å². The number of benzene rings is 4. The third kappa shape index (κ3) is 8.36. The van der Waals surface area contributed by atoms with Crippen molar-refractivity contribution >= 4 is 43.5 Å². The van der Waals surface area contributed by atoms with E-state index in [1.165, 1.54) is 21.3 Å². The van der Waals surface area contributed by atoms with E-state index in [9.17, 15) is 18.0 Å². The van der Waals surface area contributed by atoms with Crippen LogP contribution in [0.25, 0.3) is 0 Å². The molecule has 4 rings (SSSR count). The lowest BCUT2D eigenvalue weighted by Crippen LogP contribution is -2.54. The van der Waals surface area contributed by atoms with Crippen molar-refractivity contribution in [3.8, 4) is 0 Å². The van der Waals surface area contributed by atoms with Gasteiger partial charge in [0, 0.05) is 23.5 Å².